The SMILES string of the molecule is CC(C)(C)NC(=O)c1c[nH]c2ncc(-n3nc(Cl)c4ccccc43)nc12.CC(C)(C)NC(=O)c1cn(COCC[Si](C)(C)C)c2ncc(-n3nc(Cl)c4ccccc43)nc12. The zero-order valence-corrected chi connectivity index (χ0v) is 37.6. The molecule has 0 spiro atoms. The Morgan fingerprint density at radius 1 is 0.750 bits per heavy atom. The van der Waals surface area contributed by atoms with Crippen LogP contribution in [0.5, 0.6) is 0 Å². The van der Waals surface area contributed by atoms with Gasteiger partial charge in [0.2, 0.25) is 0 Å². The van der Waals surface area contributed by atoms with Crippen molar-refractivity contribution in [2.75, 3.05) is 6.61 Å². The molecule has 0 fully saturated rings. The maximum absolute atomic E-state index is 13.1. The quantitative estimate of drug-likeness (QED) is 0.0946. The number of fused-ring (bicyclic) bond motifs is 4. The van der Waals surface area contributed by atoms with E-state index in [4.69, 9.17) is 32.9 Å². The van der Waals surface area contributed by atoms with Gasteiger partial charge in [0.25, 0.3) is 11.8 Å². The fourth-order valence-electron chi connectivity index (χ4n) is 6.33. The molecule has 2 amide bonds. The molecule has 18 heteroatoms. The zero-order valence-electron chi connectivity index (χ0n) is 35.1. The van der Waals surface area contributed by atoms with E-state index in [9.17, 15) is 9.59 Å². The highest BCUT2D eigenvalue weighted by atomic mass is 35.5. The maximum Gasteiger partial charge on any atom is 0.255 e. The number of rotatable bonds is 9. The van der Waals surface area contributed by atoms with Gasteiger partial charge in [-0.2, -0.15) is 10.2 Å². The van der Waals surface area contributed by atoms with Crippen LogP contribution in [0, 0.1) is 0 Å². The highest BCUT2D eigenvalue weighted by Crippen LogP contribution is 2.28. The minimum Gasteiger partial charge on any atom is -0.361 e. The topological polar surface area (TPSA) is 175 Å². The fourth-order valence-corrected chi connectivity index (χ4v) is 7.56. The van der Waals surface area contributed by atoms with Crippen LogP contribution in [0.1, 0.15) is 62.3 Å². The smallest absolute Gasteiger partial charge is 0.255 e. The summed E-state index contributed by atoms with van der Waals surface area (Å²) in [6.07, 6.45) is 6.62. The van der Waals surface area contributed by atoms with E-state index < -0.39 is 13.6 Å². The molecular weight excluding hydrogens is 820 g/mol. The minimum atomic E-state index is -1.20. The molecule has 8 aromatic rings. The van der Waals surface area contributed by atoms with Crippen LogP contribution in [-0.2, 0) is 11.5 Å². The molecule has 3 N–H and O–H groups in total. The third kappa shape index (κ3) is 9.36. The summed E-state index contributed by atoms with van der Waals surface area (Å²) in [6, 6.07) is 16.3. The molecular formula is C42H48Cl2N12O3Si. The zero-order chi connectivity index (χ0) is 43.1. The number of nitrogens with zero attached hydrogens (tertiary/aromatic N) is 9. The summed E-state index contributed by atoms with van der Waals surface area (Å²) in [5.74, 6) is 0.550. The Morgan fingerprint density at radius 2 is 1.27 bits per heavy atom. The van der Waals surface area contributed by atoms with Gasteiger partial charge in [-0.05, 0) is 71.9 Å². The average Bonchev–Trinajstić information content (AvgIpc) is 3.94. The van der Waals surface area contributed by atoms with Gasteiger partial charge in [0.15, 0.2) is 33.2 Å². The molecule has 2 aromatic carbocycles. The minimum absolute atomic E-state index is 0.210. The van der Waals surface area contributed by atoms with Crippen molar-refractivity contribution in [1.82, 2.24) is 59.7 Å². The van der Waals surface area contributed by atoms with Crippen molar-refractivity contribution < 1.29 is 14.3 Å². The Balaban J connectivity index is 0.000000188. The lowest BCUT2D eigenvalue weighted by atomic mass is 10.1. The number of carbonyl (C=O) groups excluding carboxylic acids is 2. The van der Waals surface area contributed by atoms with Crippen LogP contribution < -0.4 is 10.6 Å². The predicted octanol–water partition coefficient (Wildman–Crippen LogP) is 8.74. The number of amides is 2. The Bertz CT molecular complexity index is 2880. The van der Waals surface area contributed by atoms with Crippen LogP contribution in [-0.4, -0.2) is 86.6 Å². The fraction of sp³-hybridized carbons (Fsp3) is 0.333. The third-order valence-corrected chi connectivity index (χ3v) is 11.4. The van der Waals surface area contributed by atoms with Gasteiger partial charge in [-0.25, -0.2) is 29.3 Å². The molecule has 8 rings (SSSR count). The van der Waals surface area contributed by atoms with Crippen molar-refractivity contribution in [2.24, 2.45) is 0 Å². The monoisotopic (exact) mass is 866 g/mol. The number of benzene rings is 2. The standard InChI is InChI=1S/C24H31ClN6O2Si.C18H17ClN6O/c1-24(2,3)28-23(32)17-14-30(15-33-11-12-34(4,5)6)22-20(17)27-19(13-26-22)31-18-10-8-7-9-16(18)21(25)29-31;1-18(2,3)23-17(26)11-8-20-16-14(11)22-13(9-21-16)25-12-7-5-4-6-10(12)15(19)24-25/h7-10,13-14H,11-12,15H2,1-6H3,(H,28,32);4-9H,1-3H3,(H,20,21)(H,23,26). The Morgan fingerprint density at radius 3 is 1.82 bits per heavy atom. The molecule has 0 saturated carbocycles. The maximum atomic E-state index is 13.1. The van der Waals surface area contributed by atoms with Gasteiger partial charge in [-0.15, -0.1) is 0 Å². The van der Waals surface area contributed by atoms with Gasteiger partial charge >= 0.3 is 0 Å². The van der Waals surface area contributed by atoms with Gasteiger partial charge in [-0.3, -0.25) is 9.59 Å². The highest BCUT2D eigenvalue weighted by Gasteiger charge is 2.24. The number of hydrogen-bond acceptors (Lipinski definition) is 9. The number of aromatic nitrogens is 10. The molecule has 0 aliphatic carbocycles. The van der Waals surface area contributed by atoms with E-state index in [0.717, 1.165) is 27.8 Å². The van der Waals surface area contributed by atoms with Crippen LogP contribution in [0.2, 0.25) is 36.0 Å². The van der Waals surface area contributed by atoms with Crippen LogP contribution in [0.15, 0.2) is 73.3 Å². The van der Waals surface area contributed by atoms with E-state index in [2.05, 4.69) is 60.4 Å². The van der Waals surface area contributed by atoms with Crippen molar-refractivity contribution in [3.05, 3.63) is 94.8 Å². The van der Waals surface area contributed by atoms with E-state index in [1.165, 1.54) is 0 Å². The number of para-hydroxylation sites is 2. The molecule has 312 valence electrons. The third-order valence-electron chi connectivity index (χ3n) is 9.13. The number of ether oxygens (including phenoxy) is 1. The molecule has 0 atom stereocenters. The van der Waals surface area contributed by atoms with Crippen molar-refractivity contribution >= 4 is 87.2 Å². The van der Waals surface area contributed by atoms with Gasteiger partial charge in [0.1, 0.15) is 17.8 Å². The van der Waals surface area contributed by atoms with E-state index >= 15 is 0 Å². The van der Waals surface area contributed by atoms with Crippen molar-refractivity contribution in [3.8, 4) is 11.6 Å². The van der Waals surface area contributed by atoms with Crippen molar-refractivity contribution in [2.45, 2.75) is 85.0 Å². The molecule has 60 heavy (non-hydrogen) atoms. The molecule has 0 bridgehead atoms. The predicted molar refractivity (Wildman–Crippen MR) is 239 cm³/mol. The van der Waals surface area contributed by atoms with Crippen LogP contribution >= 0.6 is 23.2 Å². The van der Waals surface area contributed by atoms with Gasteiger partial charge < -0.3 is 24.9 Å². The number of aromatic amines is 1. The van der Waals surface area contributed by atoms with Crippen molar-refractivity contribution in [1.29, 1.82) is 0 Å². The highest BCUT2D eigenvalue weighted by molar-refractivity contribution is 6.76. The first-order valence-corrected chi connectivity index (χ1v) is 23.9. The van der Waals surface area contributed by atoms with E-state index in [-0.39, 0.29) is 17.4 Å². The summed E-state index contributed by atoms with van der Waals surface area (Å²) in [4.78, 5) is 47.1. The van der Waals surface area contributed by atoms with Crippen LogP contribution in [0.4, 0.5) is 0 Å². The first kappa shape index (κ1) is 42.4. The Hall–Kier alpha value is -5.68. The van der Waals surface area contributed by atoms with Crippen LogP contribution in [0.25, 0.3) is 55.8 Å². The molecule has 0 saturated heterocycles. The normalized spacial score (nSPS) is 12.3. The molecule has 15 nitrogen and oxygen atoms in total. The number of halogens is 2. The number of carbonyl (C=O) groups is 2. The molecule has 6 aromatic heterocycles. The van der Waals surface area contributed by atoms with E-state index in [0.29, 0.717) is 68.7 Å². The van der Waals surface area contributed by atoms with Gasteiger partial charge in [-0.1, -0.05) is 67.1 Å². The van der Waals surface area contributed by atoms with Gasteiger partial charge in [0, 0.05) is 48.9 Å². The van der Waals surface area contributed by atoms with Gasteiger partial charge in [0.05, 0.1) is 34.6 Å². The molecule has 0 radical (unpaired) electrons. The second kappa shape index (κ2) is 16.4. The lowest BCUT2D eigenvalue weighted by Gasteiger charge is -2.20. The first-order chi connectivity index (χ1) is 28.3. The summed E-state index contributed by atoms with van der Waals surface area (Å²) < 4.78 is 11.0. The lowest BCUT2D eigenvalue weighted by molar-refractivity contribution is 0.0884. The first-order valence-electron chi connectivity index (χ1n) is 19.5. The second-order valence-electron chi connectivity index (χ2n) is 17.7. The average molecular weight is 868 g/mol. The van der Waals surface area contributed by atoms with E-state index in [1.807, 2.05) is 94.6 Å². The number of nitrogens with one attached hydrogen (secondary N) is 3. The lowest BCUT2D eigenvalue weighted by Crippen LogP contribution is -2.40. The Kier molecular flexibility index (Phi) is 11.6. The Labute approximate surface area is 357 Å². The van der Waals surface area contributed by atoms with E-state index in [1.54, 1.807) is 34.2 Å². The second-order valence-corrected chi connectivity index (χ2v) is 24.1. The van der Waals surface area contributed by atoms with Crippen LogP contribution in [0.3, 0.4) is 0 Å². The number of H-pyrrole nitrogens is 1. The molecule has 0 aliphatic heterocycles. The molecule has 0 unspecified atom stereocenters. The molecule has 0 aliphatic rings. The summed E-state index contributed by atoms with van der Waals surface area (Å²) in [5.41, 5.74) is 3.87. The summed E-state index contributed by atoms with van der Waals surface area (Å²) in [6.45, 7) is 19.5. The molecule has 6 heterocycles. The number of hydrogen-bond donors (Lipinski definition) is 3. The largest absolute Gasteiger partial charge is 0.361 e. The summed E-state index contributed by atoms with van der Waals surface area (Å²) in [7, 11) is -1.20. The summed E-state index contributed by atoms with van der Waals surface area (Å²) >= 11 is 12.6. The van der Waals surface area contributed by atoms with Crippen molar-refractivity contribution in [3.63, 3.8) is 0 Å². The summed E-state index contributed by atoms with van der Waals surface area (Å²) in [5, 5.41) is 17.2.